The molecule has 90 valence electrons. The van der Waals surface area contributed by atoms with Gasteiger partial charge in [-0.25, -0.2) is 0 Å². The van der Waals surface area contributed by atoms with Crippen molar-refractivity contribution in [3.63, 3.8) is 0 Å². The molecule has 0 bridgehead atoms. The zero-order valence-corrected chi connectivity index (χ0v) is 12.2. The highest BCUT2D eigenvalue weighted by Crippen LogP contribution is 2.37. The Bertz CT molecular complexity index is 380. The van der Waals surface area contributed by atoms with Crippen molar-refractivity contribution in [2.45, 2.75) is 39.2 Å². The van der Waals surface area contributed by atoms with Gasteiger partial charge in [0.15, 0.2) is 0 Å². The maximum absolute atomic E-state index is 6.17. The summed E-state index contributed by atoms with van der Waals surface area (Å²) in [6.45, 7) is 8.28. The van der Waals surface area contributed by atoms with E-state index in [4.69, 9.17) is 10.5 Å². The van der Waals surface area contributed by atoms with Crippen LogP contribution < -0.4 is 10.5 Å². The number of rotatable bonds is 3. The van der Waals surface area contributed by atoms with Crippen LogP contribution in [0.25, 0.3) is 0 Å². The molecule has 0 fully saturated rings. The molecular formula is C13H20BrNO. The Balaban J connectivity index is 3.49. The number of ether oxygens (including phenoxy) is 1. The van der Waals surface area contributed by atoms with Crippen LogP contribution in [-0.2, 0) is 5.54 Å². The fourth-order valence-electron chi connectivity index (χ4n) is 1.75. The average Bonchev–Trinajstić information content (AvgIpc) is 2.14. The van der Waals surface area contributed by atoms with Crippen molar-refractivity contribution in [2.75, 3.05) is 7.11 Å². The summed E-state index contributed by atoms with van der Waals surface area (Å²) in [6.07, 6.45) is 0. The van der Waals surface area contributed by atoms with E-state index in [9.17, 15) is 0 Å². The molecule has 0 saturated carbocycles. The molecule has 0 unspecified atom stereocenters. The van der Waals surface area contributed by atoms with Crippen molar-refractivity contribution < 1.29 is 4.74 Å². The molecular weight excluding hydrogens is 266 g/mol. The van der Waals surface area contributed by atoms with Gasteiger partial charge in [0.25, 0.3) is 0 Å². The highest BCUT2D eigenvalue weighted by atomic mass is 79.9. The number of benzene rings is 1. The van der Waals surface area contributed by atoms with Crippen molar-refractivity contribution >= 4 is 15.9 Å². The molecule has 1 rings (SSSR count). The molecule has 0 aliphatic rings. The molecule has 0 spiro atoms. The largest absolute Gasteiger partial charge is 0.496 e. The molecule has 0 atom stereocenters. The lowest BCUT2D eigenvalue weighted by molar-refractivity contribution is 0.387. The molecule has 16 heavy (non-hydrogen) atoms. The van der Waals surface area contributed by atoms with E-state index in [2.05, 4.69) is 35.8 Å². The zero-order valence-electron chi connectivity index (χ0n) is 10.6. The molecule has 3 heteroatoms. The highest BCUT2D eigenvalue weighted by Gasteiger charge is 2.23. The average molecular weight is 286 g/mol. The van der Waals surface area contributed by atoms with E-state index in [1.165, 1.54) is 5.56 Å². The predicted molar refractivity (Wildman–Crippen MR) is 72.0 cm³/mol. The van der Waals surface area contributed by atoms with Crippen molar-refractivity contribution in [3.05, 3.63) is 27.7 Å². The van der Waals surface area contributed by atoms with E-state index in [0.717, 1.165) is 15.8 Å². The minimum atomic E-state index is -0.404. The van der Waals surface area contributed by atoms with E-state index in [1.807, 2.05) is 19.9 Å². The minimum absolute atomic E-state index is 0.404. The number of hydrogen-bond acceptors (Lipinski definition) is 2. The van der Waals surface area contributed by atoms with Gasteiger partial charge in [-0.15, -0.1) is 0 Å². The third kappa shape index (κ3) is 2.77. The molecule has 0 aromatic heterocycles. The monoisotopic (exact) mass is 285 g/mol. The maximum atomic E-state index is 6.17. The van der Waals surface area contributed by atoms with E-state index >= 15 is 0 Å². The SMILES string of the molecule is COc1c(C(C)C)cc(Br)cc1C(C)(C)N. The van der Waals surface area contributed by atoms with Crippen molar-refractivity contribution in [3.8, 4) is 5.75 Å². The fourth-order valence-corrected chi connectivity index (χ4v) is 2.23. The first kappa shape index (κ1) is 13.5. The molecule has 2 nitrogen and oxygen atoms in total. The van der Waals surface area contributed by atoms with Gasteiger partial charge in [-0.1, -0.05) is 29.8 Å². The van der Waals surface area contributed by atoms with Crippen LogP contribution in [0.15, 0.2) is 16.6 Å². The third-order valence-corrected chi connectivity index (χ3v) is 3.06. The number of nitrogens with two attached hydrogens (primary N) is 1. The summed E-state index contributed by atoms with van der Waals surface area (Å²) in [7, 11) is 1.70. The van der Waals surface area contributed by atoms with Gasteiger partial charge in [0.2, 0.25) is 0 Å². The summed E-state index contributed by atoms with van der Waals surface area (Å²) in [5, 5.41) is 0. The van der Waals surface area contributed by atoms with Crippen LogP contribution in [0.1, 0.15) is 44.7 Å². The van der Waals surface area contributed by atoms with Crippen LogP contribution in [0.5, 0.6) is 5.75 Å². The second-order valence-electron chi connectivity index (χ2n) is 4.95. The van der Waals surface area contributed by atoms with Gasteiger partial charge in [-0.05, 0) is 37.5 Å². The summed E-state index contributed by atoms with van der Waals surface area (Å²) in [6, 6.07) is 4.13. The van der Waals surface area contributed by atoms with Crippen molar-refractivity contribution in [2.24, 2.45) is 5.73 Å². The Hall–Kier alpha value is -0.540. The van der Waals surface area contributed by atoms with Crippen LogP contribution in [0, 0.1) is 0 Å². The van der Waals surface area contributed by atoms with Gasteiger partial charge in [-0.3, -0.25) is 0 Å². The summed E-state index contributed by atoms with van der Waals surface area (Å²) in [4.78, 5) is 0. The zero-order chi connectivity index (χ0) is 12.5. The Kier molecular flexibility index (Phi) is 4.02. The van der Waals surface area contributed by atoms with Crippen LogP contribution in [-0.4, -0.2) is 7.11 Å². The van der Waals surface area contributed by atoms with E-state index in [-0.39, 0.29) is 0 Å². The molecule has 0 heterocycles. The first-order valence-corrected chi connectivity index (χ1v) is 6.23. The standard InChI is InChI=1S/C13H20BrNO/c1-8(2)10-6-9(14)7-11(12(10)16-5)13(3,4)15/h6-8H,15H2,1-5H3. The first-order chi connectivity index (χ1) is 7.27. The van der Waals surface area contributed by atoms with Crippen LogP contribution in [0.4, 0.5) is 0 Å². The number of methoxy groups -OCH3 is 1. The normalized spacial score (nSPS) is 12.0. The molecule has 2 N–H and O–H groups in total. The van der Waals surface area contributed by atoms with E-state index in [1.54, 1.807) is 7.11 Å². The molecule has 0 aliphatic heterocycles. The maximum Gasteiger partial charge on any atom is 0.127 e. The highest BCUT2D eigenvalue weighted by molar-refractivity contribution is 9.10. The lowest BCUT2D eigenvalue weighted by atomic mass is 9.90. The molecule has 1 aromatic carbocycles. The summed E-state index contributed by atoms with van der Waals surface area (Å²) in [5.41, 5.74) is 7.99. The van der Waals surface area contributed by atoms with E-state index in [0.29, 0.717) is 5.92 Å². The molecule has 0 aliphatic carbocycles. The van der Waals surface area contributed by atoms with Gasteiger partial charge in [0, 0.05) is 15.6 Å². The Morgan fingerprint density at radius 2 is 1.88 bits per heavy atom. The fraction of sp³-hybridized carbons (Fsp3) is 0.538. The number of halogens is 1. The Morgan fingerprint density at radius 1 is 1.31 bits per heavy atom. The molecule has 1 aromatic rings. The van der Waals surface area contributed by atoms with Crippen molar-refractivity contribution in [1.29, 1.82) is 0 Å². The van der Waals surface area contributed by atoms with Crippen LogP contribution in [0.2, 0.25) is 0 Å². The minimum Gasteiger partial charge on any atom is -0.496 e. The summed E-state index contributed by atoms with van der Waals surface area (Å²) < 4.78 is 6.57. The molecule has 0 amide bonds. The van der Waals surface area contributed by atoms with Gasteiger partial charge < -0.3 is 10.5 Å². The molecule has 0 radical (unpaired) electrons. The van der Waals surface area contributed by atoms with Gasteiger partial charge in [0.05, 0.1) is 7.11 Å². The molecule has 0 saturated heterocycles. The smallest absolute Gasteiger partial charge is 0.127 e. The summed E-state index contributed by atoms with van der Waals surface area (Å²) >= 11 is 3.53. The van der Waals surface area contributed by atoms with Gasteiger partial charge >= 0.3 is 0 Å². The van der Waals surface area contributed by atoms with Crippen LogP contribution in [0.3, 0.4) is 0 Å². The van der Waals surface area contributed by atoms with Gasteiger partial charge in [0.1, 0.15) is 5.75 Å². The van der Waals surface area contributed by atoms with Crippen LogP contribution >= 0.6 is 15.9 Å². The topological polar surface area (TPSA) is 35.2 Å². The third-order valence-electron chi connectivity index (χ3n) is 2.60. The quantitative estimate of drug-likeness (QED) is 0.917. The van der Waals surface area contributed by atoms with E-state index < -0.39 is 5.54 Å². The second-order valence-corrected chi connectivity index (χ2v) is 5.87. The van der Waals surface area contributed by atoms with Gasteiger partial charge in [-0.2, -0.15) is 0 Å². The second kappa shape index (κ2) is 4.76. The number of hydrogen-bond donors (Lipinski definition) is 1. The lowest BCUT2D eigenvalue weighted by Crippen LogP contribution is -2.29. The predicted octanol–water partition coefficient (Wildman–Crippen LogP) is 3.77. The Labute approximate surface area is 106 Å². The summed E-state index contributed by atoms with van der Waals surface area (Å²) in [5.74, 6) is 1.32. The first-order valence-electron chi connectivity index (χ1n) is 5.44. The Morgan fingerprint density at radius 3 is 2.25 bits per heavy atom. The lowest BCUT2D eigenvalue weighted by Gasteiger charge is -2.25. The van der Waals surface area contributed by atoms with Crippen molar-refractivity contribution in [1.82, 2.24) is 0 Å².